The molecule has 1 aliphatic rings. The van der Waals surface area contributed by atoms with Crippen LogP contribution in [0.5, 0.6) is 5.75 Å². The van der Waals surface area contributed by atoms with Gasteiger partial charge in [0.15, 0.2) is 0 Å². The second kappa shape index (κ2) is 7.26. The lowest BCUT2D eigenvalue weighted by molar-refractivity contribution is -0.121. The maximum Gasteiger partial charge on any atom is 0.365 e. The molecule has 0 aliphatic carbocycles. The van der Waals surface area contributed by atoms with Crippen molar-refractivity contribution in [1.82, 2.24) is 14.8 Å². The standard InChI is InChI=1S/C21H20N4O3/c1-14(20(26)24-12-11-16-5-3-4-6-19(16)24)25-21(27)23-18(13-22-25)15-7-9-17(28-2)10-8-15/h3-10,13-14H,11-12H2,1-2H3/t14-/m1/s1. The van der Waals surface area contributed by atoms with Gasteiger partial charge in [0.1, 0.15) is 11.8 Å². The first-order chi connectivity index (χ1) is 13.6. The molecule has 0 unspecified atom stereocenters. The van der Waals surface area contributed by atoms with E-state index >= 15 is 0 Å². The van der Waals surface area contributed by atoms with Crippen molar-refractivity contribution in [2.45, 2.75) is 19.4 Å². The fourth-order valence-corrected chi connectivity index (χ4v) is 3.41. The maximum absolute atomic E-state index is 13.0. The topological polar surface area (TPSA) is 77.3 Å². The van der Waals surface area contributed by atoms with Crippen LogP contribution in [0.2, 0.25) is 0 Å². The number of benzene rings is 2. The number of para-hydroxylation sites is 1. The molecule has 2 aromatic carbocycles. The smallest absolute Gasteiger partial charge is 0.365 e. The molecule has 1 aliphatic heterocycles. The van der Waals surface area contributed by atoms with Crippen molar-refractivity contribution in [2.24, 2.45) is 0 Å². The fourth-order valence-electron chi connectivity index (χ4n) is 3.41. The Labute approximate surface area is 162 Å². The highest BCUT2D eigenvalue weighted by molar-refractivity contribution is 5.97. The molecule has 0 saturated carbocycles. The van der Waals surface area contributed by atoms with E-state index in [9.17, 15) is 9.59 Å². The largest absolute Gasteiger partial charge is 0.497 e. The van der Waals surface area contributed by atoms with Crippen LogP contribution in [0.4, 0.5) is 5.69 Å². The average Bonchev–Trinajstić information content (AvgIpc) is 3.17. The quantitative estimate of drug-likeness (QED) is 0.699. The third-order valence-corrected chi connectivity index (χ3v) is 4.98. The van der Waals surface area contributed by atoms with Crippen LogP contribution < -0.4 is 15.3 Å². The van der Waals surface area contributed by atoms with Crippen LogP contribution in [-0.2, 0) is 11.2 Å². The Morgan fingerprint density at radius 3 is 2.61 bits per heavy atom. The zero-order chi connectivity index (χ0) is 19.7. The lowest BCUT2D eigenvalue weighted by Gasteiger charge is -2.22. The lowest BCUT2D eigenvalue weighted by atomic mass is 10.1. The minimum Gasteiger partial charge on any atom is -0.497 e. The molecule has 28 heavy (non-hydrogen) atoms. The number of nitrogens with zero attached hydrogens (tertiary/aromatic N) is 4. The van der Waals surface area contributed by atoms with E-state index in [4.69, 9.17) is 4.74 Å². The summed E-state index contributed by atoms with van der Waals surface area (Å²) >= 11 is 0. The number of hydrogen-bond donors (Lipinski definition) is 0. The van der Waals surface area contributed by atoms with Gasteiger partial charge in [-0.05, 0) is 49.2 Å². The van der Waals surface area contributed by atoms with Gasteiger partial charge in [-0.3, -0.25) is 4.79 Å². The van der Waals surface area contributed by atoms with E-state index in [1.54, 1.807) is 31.1 Å². The van der Waals surface area contributed by atoms with Gasteiger partial charge in [-0.25, -0.2) is 9.48 Å². The van der Waals surface area contributed by atoms with Gasteiger partial charge in [-0.2, -0.15) is 10.1 Å². The Bertz CT molecular complexity index is 1080. The number of methoxy groups -OCH3 is 1. The van der Waals surface area contributed by atoms with Gasteiger partial charge < -0.3 is 9.64 Å². The molecule has 0 bridgehead atoms. The molecular formula is C21H20N4O3. The Hall–Kier alpha value is -3.48. The molecule has 0 spiro atoms. The predicted octanol–water partition coefficient (Wildman–Crippen LogP) is 2.46. The second-order valence-corrected chi connectivity index (χ2v) is 6.64. The molecule has 1 amide bonds. The van der Waals surface area contributed by atoms with Gasteiger partial charge in [0.25, 0.3) is 5.91 Å². The van der Waals surface area contributed by atoms with Gasteiger partial charge in [0.05, 0.1) is 19.0 Å². The molecule has 7 nitrogen and oxygen atoms in total. The lowest BCUT2D eigenvalue weighted by Crippen LogP contribution is -2.40. The number of rotatable bonds is 4. The van der Waals surface area contributed by atoms with E-state index in [1.165, 1.54) is 6.20 Å². The molecule has 7 heteroatoms. The number of amides is 1. The minimum absolute atomic E-state index is 0.168. The predicted molar refractivity (Wildman–Crippen MR) is 105 cm³/mol. The number of anilines is 1. The summed E-state index contributed by atoms with van der Waals surface area (Å²) < 4.78 is 6.27. The number of fused-ring (bicyclic) bond motifs is 1. The van der Waals surface area contributed by atoms with Crippen molar-refractivity contribution in [3.63, 3.8) is 0 Å². The highest BCUT2D eigenvalue weighted by Crippen LogP contribution is 2.29. The van der Waals surface area contributed by atoms with Crippen LogP contribution in [0.25, 0.3) is 11.3 Å². The molecule has 0 N–H and O–H groups in total. The number of carbonyl (C=O) groups excluding carboxylic acids is 1. The summed E-state index contributed by atoms with van der Waals surface area (Å²) in [5.41, 5.74) is 2.69. The summed E-state index contributed by atoms with van der Waals surface area (Å²) in [6, 6.07) is 14.3. The number of hydrogen-bond acceptors (Lipinski definition) is 5. The molecule has 0 saturated heterocycles. The monoisotopic (exact) mass is 376 g/mol. The van der Waals surface area contributed by atoms with Crippen LogP contribution in [-0.4, -0.2) is 34.3 Å². The van der Waals surface area contributed by atoms with Gasteiger partial charge in [0, 0.05) is 17.8 Å². The second-order valence-electron chi connectivity index (χ2n) is 6.64. The molecular weight excluding hydrogens is 356 g/mol. The van der Waals surface area contributed by atoms with Crippen molar-refractivity contribution < 1.29 is 9.53 Å². The van der Waals surface area contributed by atoms with Crippen LogP contribution in [0.15, 0.2) is 59.5 Å². The molecule has 0 radical (unpaired) electrons. The van der Waals surface area contributed by atoms with Gasteiger partial charge in [-0.15, -0.1) is 0 Å². The third kappa shape index (κ3) is 3.15. The summed E-state index contributed by atoms with van der Waals surface area (Å²) in [6.45, 7) is 2.28. The molecule has 1 atom stereocenters. The van der Waals surface area contributed by atoms with E-state index in [1.807, 2.05) is 36.4 Å². The SMILES string of the molecule is COc1ccc(-c2cnn([C@H](C)C(=O)N3CCc4ccccc43)c(=O)n2)cc1. The van der Waals surface area contributed by atoms with Gasteiger partial charge >= 0.3 is 5.69 Å². The molecule has 1 aromatic heterocycles. The van der Waals surface area contributed by atoms with Crippen molar-refractivity contribution in [2.75, 3.05) is 18.6 Å². The van der Waals surface area contributed by atoms with E-state index in [-0.39, 0.29) is 5.91 Å². The summed E-state index contributed by atoms with van der Waals surface area (Å²) in [6.07, 6.45) is 2.32. The molecule has 2 heterocycles. The first-order valence-corrected chi connectivity index (χ1v) is 9.08. The minimum atomic E-state index is -0.740. The number of carbonyl (C=O) groups is 1. The Morgan fingerprint density at radius 1 is 1.14 bits per heavy atom. The van der Waals surface area contributed by atoms with E-state index in [2.05, 4.69) is 10.1 Å². The number of aromatic nitrogens is 3. The molecule has 4 rings (SSSR count). The van der Waals surface area contributed by atoms with E-state index < -0.39 is 11.7 Å². The molecule has 142 valence electrons. The summed E-state index contributed by atoms with van der Waals surface area (Å²) in [5.74, 6) is 0.550. The Balaban J connectivity index is 1.59. The summed E-state index contributed by atoms with van der Waals surface area (Å²) in [4.78, 5) is 31.3. The number of ether oxygens (including phenoxy) is 1. The Morgan fingerprint density at radius 2 is 1.89 bits per heavy atom. The third-order valence-electron chi connectivity index (χ3n) is 4.98. The van der Waals surface area contributed by atoms with Crippen molar-refractivity contribution in [3.8, 4) is 17.0 Å². The fraction of sp³-hybridized carbons (Fsp3) is 0.238. The molecule has 3 aromatic rings. The first kappa shape index (κ1) is 17.9. The van der Waals surface area contributed by atoms with Gasteiger partial charge in [0.2, 0.25) is 0 Å². The highest BCUT2D eigenvalue weighted by Gasteiger charge is 2.29. The zero-order valence-electron chi connectivity index (χ0n) is 15.7. The summed E-state index contributed by atoms with van der Waals surface area (Å²) in [7, 11) is 1.59. The van der Waals surface area contributed by atoms with Crippen LogP contribution in [0.1, 0.15) is 18.5 Å². The van der Waals surface area contributed by atoms with Gasteiger partial charge in [-0.1, -0.05) is 18.2 Å². The normalized spacial score (nSPS) is 13.9. The maximum atomic E-state index is 13.0. The van der Waals surface area contributed by atoms with Crippen LogP contribution in [0, 0.1) is 0 Å². The molecule has 0 fully saturated rings. The van der Waals surface area contributed by atoms with Crippen molar-refractivity contribution in [1.29, 1.82) is 0 Å². The van der Waals surface area contributed by atoms with E-state index in [0.29, 0.717) is 12.2 Å². The highest BCUT2D eigenvalue weighted by atomic mass is 16.5. The first-order valence-electron chi connectivity index (χ1n) is 9.08. The summed E-state index contributed by atoms with van der Waals surface area (Å²) in [5, 5.41) is 4.21. The van der Waals surface area contributed by atoms with Crippen molar-refractivity contribution >= 4 is 11.6 Å². The van der Waals surface area contributed by atoms with Crippen LogP contribution >= 0.6 is 0 Å². The van der Waals surface area contributed by atoms with Crippen molar-refractivity contribution in [3.05, 3.63) is 70.8 Å². The Kier molecular flexibility index (Phi) is 4.65. The van der Waals surface area contributed by atoms with Crippen LogP contribution in [0.3, 0.4) is 0 Å². The van der Waals surface area contributed by atoms with E-state index in [0.717, 1.165) is 33.7 Å². The average molecular weight is 376 g/mol. The zero-order valence-corrected chi connectivity index (χ0v) is 15.7.